The van der Waals surface area contributed by atoms with Gasteiger partial charge in [-0.05, 0) is 0 Å². The van der Waals surface area contributed by atoms with E-state index >= 15 is 0 Å². The minimum Gasteiger partial charge on any atom is -0.463 e. The van der Waals surface area contributed by atoms with E-state index in [4.69, 9.17) is 5.11 Å². The maximum atomic E-state index is 11.3. The van der Waals surface area contributed by atoms with Crippen LogP contribution in [-0.2, 0) is 4.74 Å². The van der Waals surface area contributed by atoms with Gasteiger partial charge in [-0.25, -0.2) is 9.59 Å². The molecule has 1 atom stereocenters. The van der Waals surface area contributed by atoms with Crippen LogP contribution >= 0.6 is 0 Å². The van der Waals surface area contributed by atoms with Crippen molar-refractivity contribution in [1.82, 2.24) is 10.0 Å². The fourth-order valence-corrected chi connectivity index (χ4v) is 1.21. The Labute approximate surface area is 89.6 Å². The van der Waals surface area contributed by atoms with Gasteiger partial charge in [-0.15, -0.1) is 5.01 Å². The molecule has 0 radical (unpaired) electrons. The molecule has 0 aromatic rings. The summed E-state index contributed by atoms with van der Waals surface area (Å²) in [4.78, 5) is 32.1. The molecule has 2 amide bonds. The second-order valence-electron chi connectivity index (χ2n) is 3.08. The van der Waals surface area contributed by atoms with Crippen molar-refractivity contribution in [3.05, 3.63) is 22.4 Å². The van der Waals surface area contributed by atoms with Crippen molar-refractivity contribution in [2.45, 2.75) is 12.6 Å². The van der Waals surface area contributed by atoms with Gasteiger partial charge in [-0.2, -0.15) is 5.01 Å². The smallest absolute Gasteiger partial charge is 0.435 e. The topological polar surface area (TPSA) is 113 Å². The predicted octanol–water partition coefficient (Wildman–Crippen LogP) is 0.470. The lowest BCUT2D eigenvalue weighted by molar-refractivity contribution is -0.581. The molecule has 0 aromatic heterocycles. The van der Waals surface area contributed by atoms with E-state index in [1.54, 1.807) is 0 Å². The summed E-state index contributed by atoms with van der Waals surface area (Å²) < 4.78 is 4.30. The highest BCUT2D eigenvalue weighted by molar-refractivity contribution is 5.75. The second kappa shape index (κ2) is 3.68. The molecular weight excluding hydrogens is 222 g/mol. The molecule has 9 nitrogen and oxygen atoms in total. The lowest BCUT2D eigenvalue weighted by atomic mass is 10.2. The molecule has 16 heavy (non-hydrogen) atoms. The summed E-state index contributed by atoms with van der Waals surface area (Å²) in [7, 11) is 1.00. The predicted molar refractivity (Wildman–Crippen MR) is 48.6 cm³/mol. The van der Waals surface area contributed by atoms with Crippen LogP contribution in [0.1, 0.15) is 6.92 Å². The summed E-state index contributed by atoms with van der Waals surface area (Å²) >= 11 is 0. The van der Waals surface area contributed by atoms with Crippen LogP contribution in [0.3, 0.4) is 0 Å². The molecule has 0 spiro atoms. The van der Waals surface area contributed by atoms with Gasteiger partial charge in [0, 0.05) is 19.2 Å². The first-order valence-corrected chi connectivity index (χ1v) is 4.08. The summed E-state index contributed by atoms with van der Waals surface area (Å²) in [6, 6.07) is 0. The standard InChI is InChI=1S/C7H9N3O6/c1-7(10(14)15)3-4-8(5(11)12)9(7)6(13)16-2/h3-4H,1-2H3,(H,11,12). The number of carbonyl (C=O) groups is 2. The van der Waals surface area contributed by atoms with Crippen molar-refractivity contribution in [3.63, 3.8) is 0 Å². The third kappa shape index (κ3) is 1.51. The van der Waals surface area contributed by atoms with Crippen molar-refractivity contribution in [2.24, 2.45) is 0 Å². The zero-order valence-corrected chi connectivity index (χ0v) is 8.48. The first-order chi connectivity index (χ1) is 7.34. The minimum atomic E-state index is -1.97. The van der Waals surface area contributed by atoms with E-state index < -0.39 is 22.8 Å². The number of ether oxygens (including phenoxy) is 1. The molecule has 1 aliphatic rings. The quantitative estimate of drug-likeness (QED) is 0.518. The summed E-state index contributed by atoms with van der Waals surface area (Å²) in [5, 5.41) is 20.3. The molecule has 0 bridgehead atoms. The molecule has 1 rings (SSSR count). The van der Waals surface area contributed by atoms with Gasteiger partial charge in [0.2, 0.25) is 0 Å². The minimum absolute atomic E-state index is 0.397. The first kappa shape index (κ1) is 11.8. The first-order valence-electron chi connectivity index (χ1n) is 4.08. The van der Waals surface area contributed by atoms with Gasteiger partial charge in [0.05, 0.1) is 12.0 Å². The molecule has 0 saturated heterocycles. The fourth-order valence-electron chi connectivity index (χ4n) is 1.21. The zero-order valence-electron chi connectivity index (χ0n) is 8.48. The molecule has 9 heteroatoms. The number of hydrogen-bond donors (Lipinski definition) is 1. The Hall–Kier alpha value is -2.32. The number of hydrogen-bond acceptors (Lipinski definition) is 5. The van der Waals surface area contributed by atoms with E-state index in [1.165, 1.54) is 0 Å². The normalized spacial score (nSPS) is 23.4. The number of nitro groups is 1. The molecule has 1 heterocycles. The maximum absolute atomic E-state index is 11.3. The van der Waals surface area contributed by atoms with Gasteiger partial charge >= 0.3 is 17.8 Å². The molecule has 0 aromatic carbocycles. The van der Waals surface area contributed by atoms with Crippen LogP contribution in [0.2, 0.25) is 0 Å². The lowest BCUT2D eigenvalue weighted by Gasteiger charge is -2.29. The van der Waals surface area contributed by atoms with Crippen molar-refractivity contribution < 1.29 is 24.4 Å². The van der Waals surface area contributed by atoms with Crippen LogP contribution in [0.5, 0.6) is 0 Å². The van der Waals surface area contributed by atoms with Crippen LogP contribution in [0, 0.1) is 10.1 Å². The molecule has 0 fully saturated rings. The number of methoxy groups -OCH3 is 1. The van der Waals surface area contributed by atoms with Crippen LogP contribution in [0.4, 0.5) is 9.59 Å². The van der Waals surface area contributed by atoms with Gasteiger partial charge in [-0.3, -0.25) is 10.1 Å². The molecule has 0 aliphatic carbocycles. The van der Waals surface area contributed by atoms with E-state index in [-0.39, 0.29) is 0 Å². The summed E-state index contributed by atoms with van der Waals surface area (Å²) in [6.07, 6.45) is -0.751. The van der Waals surface area contributed by atoms with E-state index in [0.29, 0.717) is 10.0 Å². The van der Waals surface area contributed by atoms with Gasteiger partial charge < -0.3 is 9.84 Å². The largest absolute Gasteiger partial charge is 0.463 e. The fraction of sp³-hybridized carbons (Fsp3) is 0.429. The van der Waals surface area contributed by atoms with Crippen LogP contribution < -0.4 is 0 Å². The number of nitrogens with zero attached hydrogens (tertiary/aromatic N) is 3. The van der Waals surface area contributed by atoms with Crippen LogP contribution in [0.25, 0.3) is 0 Å². The van der Waals surface area contributed by atoms with Gasteiger partial charge in [0.1, 0.15) is 0 Å². The highest BCUT2D eigenvalue weighted by Crippen LogP contribution is 2.27. The average Bonchev–Trinajstić information content (AvgIpc) is 2.56. The zero-order chi connectivity index (χ0) is 12.5. The molecule has 0 saturated carbocycles. The molecule has 1 unspecified atom stereocenters. The maximum Gasteiger partial charge on any atom is 0.435 e. The molecular formula is C7H9N3O6. The van der Waals surface area contributed by atoms with E-state index in [2.05, 4.69) is 4.74 Å². The van der Waals surface area contributed by atoms with Crippen molar-refractivity contribution in [1.29, 1.82) is 0 Å². The van der Waals surface area contributed by atoms with Crippen molar-refractivity contribution in [2.75, 3.05) is 7.11 Å². The Balaban J connectivity index is 3.16. The number of carbonyl (C=O) groups excluding carboxylic acids is 1. The summed E-state index contributed by atoms with van der Waals surface area (Å²) in [5.74, 6) is 0. The third-order valence-electron chi connectivity index (χ3n) is 2.09. The summed E-state index contributed by atoms with van der Waals surface area (Å²) in [6.45, 7) is 1.09. The lowest BCUT2D eigenvalue weighted by Crippen LogP contribution is -2.57. The monoisotopic (exact) mass is 231 g/mol. The highest BCUT2D eigenvalue weighted by atomic mass is 16.6. The van der Waals surface area contributed by atoms with E-state index in [0.717, 1.165) is 26.3 Å². The van der Waals surface area contributed by atoms with E-state index in [1.807, 2.05) is 0 Å². The number of hydrazine groups is 1. The Morgan fingerprint density at radius 1 is 1.56 bits per heavy atom. The average molecular weight is 231 g/mol. The Morgan fingerprint density at radius 2 is 2.12 bits per heavy atom. The van der Waals surface area contributed by atoms with Crippen molar-refractivity contribution >= 4 is 12.2 Å². The Morgan fingerprint density at radius 3 is 2.50 bits per heavy atom. The molecule has 1 N–H and O–H groups in total. The number of rotatable bonds is 1. The molecule has 88 valence electrons. The SMILES string of the molecule is COC(=O)N1N(C(=O)O)C=CC1(C)[N+](=O)[O-]. The van der Waals surface area contributed by atoms with Gasteiger partial charge in [0.25, 0.3) is 0 Å². The van der Waals surface area contributed by atoms with Gasteiger partial charge in [0.15, 0.2) is 0 Å². The van der Waals surface area contributed by atoms with Crippen LogP contribution in [0.15, 0.2) is 12.3 Å². The third-order valence-corrected chi connectivity index (χ3v) is 2.09. The summed E-state index contributed by atoms with van der Waals surface area (Å²) in [5.41, 5.74) is -1.97. The number of amides is 2. The highest BCUT2D eigenvalue weighted by Gasteiger charge is 2.54. The second-order valence-corrected chi connectivity index (χ2v) is 3.08. The van der Waals surface area contributed by atoms with Crippen LogP contribution in [-0.4, -0.2) is 45.0 Å². The number of carboxylic acid groups (broad SMARTS) is 1. The van der Waals surface area contributed by atoms with Gasteiger partial charge in [-0.1, -0.05) is 0 Å². The van der Waals surface area contributed by atoms with E-state index in [9.17, 15) is 19.7 Å². The van der Waals surface area contributed by atoms with Crippen molar-refractivity contribution in [3.8, 4) is 0 Å². The Bertz CT molecular complexity index is 380. The molecule has 1 aliphatic heterocycles. The Kier molecular flexibility index (Phi) is 2.70.